The summed E-state index contributed by atoms with van der Waals surface area (Å²) in [5, 5.41) is 20.5. The van der Waals surface area contributed by atoms with E-state index >= 15 is 0 Å². The molecule has 1 fully saturated rings. The summed E-state index contributed by atoms with van der Waals surface area (Å²) in [7, 11) is 0. The van der Waals surface area contributed by atoms with Gasteiger partial charge in [0, 0.05) is 11.5 Å². The maximum absolute atomic E-state index is 13.1. The molecule has 1 aromatic carbocycles. The Hall–Kier alpha value is -2.30. The summed E-state index contributed by atoms with van der Waals surface area (Å²) < 4.78 is 0. The molecule has 0 saturated heterocycles. The summed E-state index contributed by atoms with van der Waals surface area (Å²) in [4.78, 5) is 27.6. The Morgan fingerprint density at radius 1 is 1.12 bits per heavy atom. The number of Topliss-reactive ketones (excluding diaryl/α,β-unsaturated/α-hetero) is 1. The third-order valence-corrected chi connectivity index (χ3v) is 5.32. The van der Waals surface area contributed by atoms with Gasteiger partial charge in [-0.25, -0.2) is 0 Å². The van der Waals surface area contributed by atoms with Crippen molar-refractivity contribution in [2.75, 3.05) is 0 Å². The Kier molecular flexibility index (Phi) is 4.82. The van der Waals surface area contributed by atoms with Crippen LogP contribution in [0.4, 0.5) is 0 Å². The number of aliphatic hydroxyl groups is 1. The SMILES string of the molecule is CC(C)(C)C(=O)C1=C(O)C(=O)N(C2CCCCC2)C1c1cccc(O)c1. The van der Waals surface area contributed by atoms with E-state index in [0.717, 1.165) is 32.1 Å². The van der Waals surface area contributed by atoms with Crippen LogP contribution in [0.15, 0.2) is 35.6 Å². The van der Waals surface area contributed by atoms with Gasteiger partial charge in [-0.3, -0.25) is 9.59 Å². The molecule has 26 heavy (non-hydrogen) atoms. The maximum Gasteiger partial charge on any atom is 0.290 e. The van der Waals surface area contributed by atoms with E-state index in [1.807, 2.05) is 0 Å². The summed E-state index contributed by atoms with van der Waals surface area (Å²) in [6.07, 6.45) is 4.94. The molecule has 1 saturated carbocycles. The van der Waals surface area contributed by atoms with Crippen LogP contribution >= 0.6 is 0 Å². The van der Waals surface area contributed by atoms with Crippen molar-refractivity contribution in [2.45, 2.75) is 65.0 Å². The molecule has 1 unspecified atom stereocenters. The van der Waals surface area contributed by atoms with Gasteiger partial charge >= 0.3 is 0 Å². The molecule has 1 aliphatic carbocycles. The van der Waals surface area contributed by atoms with Crippen molar-refractivity contribution in [3.8, 4) is 5.75 Å². The standard InChI is InChI=1S/C21H27NO4/c1-21(2,3)19(25)16-17(13-8-7-11-15(23)12-13)22(20(26)18(16)24)14-9-5-4-6-10-14/h7-8,11-12,14,17,23-24H,4-6,9-10H2,1-3H3. The number of aromatic hydroxyl groups is 1. The van der Waals surface area contributed by atoms with Crippen molar-refractivity contribution in [1.29, 1.82) is 0 Å². The second kappa shape index (κ2) is 6.78. The van der Waals surface area contributed by atoms with E-state index in [1.165, 1.54) is 0 Å². The van der Waals surface area contributed by atoms with E-state index < -0.39 is 23.1 Å². The monoisotopic (exact) mass is 357 g/mol. The third-order valence-electron chi connectivity index (χ3n) is 5.32. The van der Waals surface area contributed by atoms with Crippen molar-refractivity contribution < 1.29 is 19.8 Å². The number of nitrogens with zero attached hydrogens (tertiary/aromatic N) is 1. The van der Waals surface area contributed by atoms with Crippen molar-refractivity contribution in [3.63, 3.8) is 0 Å². The van der Waals surface area contributed by atoms with Gasteiger partial charge in [-0.1, -0.05) is 52.2 Å². The lowest BCUT2D eigenvalue weighted by atomic mass is 9.81. The van der Waals surface area contributed by atoms with Crippen molar-refractivity contribution in [1.82, 2.24) is 4.90 Å². The molecule has 0 radical (unpaired) electrons. The number of phenols is 1. The first-order chi connectivity index (χ1) is 12.2. The van der Waals surface area contributed by atoms with E-state index in [2.05, 4.69) is 0 Å². The molecule has 1 heterocycles. The molecule has 140 valence electrons. The summed E-state index contributed by atoms with van der Waals surface area (Å²) >= 11 is 0. The molecule has 5 heteroatoms. The highest BCUT2D eigenvalue weighted by Gasteiger charge is 2.48. The average molecular weight is 357 g/mol. The van der Waals surface area contributed by atoms with Crippen molar-refractivity contribution >= 4 is 11.7 Å². The number of carbonyl (C=O) groups is 2. The molecule has 2 aliphatic rings. The summed E-state index contributed by atoms with van der Waals surface area (Å²) in [6, 6.07) is 5.97. The van der Waals surface area contributed by atoms with Crippen molar-refractivity contribution in [2.24, 2.45) is 5.41 Å². The Bertz CT molecular complexity index is 754. The highest BCUT2D eigenvalue weighted by Crippen LogP contribution is 2.44. The molecule has 1 amide bonds. The summed E-state index contributed by atoms with van der Waals surface area (Å²) in [5.74, 6) is -1.08. The van der Waals surface area contributed by atoms with Gasteiger partial charge in [0.1, 0.15) is 5.75 Å². The minimum Gasteiger partial charge on any atom is -0.508 e. The molecule has 5 nitrogen and oxygen atoms in total. The molecule has 1 aromatic rings. The second-order valence-corrected chi connectivity index (χ2v) is 8.34. The Morgan fingerprint density at radius 3 is 2.35 bits per heavy atom. The fraction of sp³-hybridized carbons (Fsp3) is 0.524. The molecule has 2 N–H and O–H groups in total. The van der Waals surface area contributed by atoms with Gasteiger partial charge in [0.15, 0.2) is 11.5 Å². The predicted molar refractivity (Wildman–Crippen MR) is 98.7 cm³/mol. The number of hydrogen-bond acceptors (Lipinski definition) is 4. The first-order valence-electron chi connectivity index (χ1n) is 9.31. The number of benzene rings is 1. The first-order valence-corrected chi connectivity index (χ1v) is 9.31. The van der Waals surface area contributed by atoms with Gasteiger partial charge in [-0.15, -0.1) is 0 Å². The largest absolute Gasteiger partial charge is 0.508 e. The number of phenolic OH excluding ortho intramolecular Hbond substituents is 1. The fourth-order valence-electron chi connectivity index (χ4n) is 4.02. The molecule has 0 aromatic heterocycles. The van der Waals surface area contributed by atoms with Gasteiger partial charge in [-0.2, -0.15) is 0 Å². The van der Waals surface area contributed by atoms with Gasteiger partial charge in [0.2, 0.25) is 0 Å². The topological polar surface area (TPSA) is 77.8 Å². The van der Waals surface area contributed by atoms with Crippen molar-refractivity contribution in [3.05, 3.63) is 41.2 Å². The minimum atomic E-state index is -0.721. The number of amides is 1. The van der Waals surface area contributed by atoms with E-state index in [4.69, 9.17) is 0 Å². The normalized spacial score (nSPS) is 22.2. The van der Waals surface area contributed by atoms with E-state index in [1.54, 1.807) is 49.9 Å². The number of aliphatic hydroxyl groups excluding tert-OH is 1. The van der Waals surface area contributed by atoms with Crippen LogP contribution in [-0.4, -0.2) is 32.8 Å². The zero-order chi connectivity index (χ0) is 19.1. The smallest absolute Gasteiger partial charge is 0.290 e. The molecule has 3 rings (SSSR count). The summed E-state index contributed by atoms with van der Waals surface area (Å²) in [5.41, 5.74) is 0.0839. The van der Waals surface area contributed by atoms with Crippen LogP contribution in [0.3, 0.4) is 0 Å². The minimum absolute atomic E-state index is 0.00369. The zero-order valence-corrected chi connectivity index (χ0v) is 15.7. The third kappa shape index (κ3) is 3.22. The van der Waals surface area contributed by atoms with Gasteiger partial charge in [0.05, 0.1) is 11.6 Å². The number of ketones is 1. The second-order valence-electron chi connectivity index (χ2n) is 8.34. The van der Waals surface area contributed by atoms with E-state index in [-0.39, 0.29) is 23.1 Å². The van der Waals surface area contributed by atoms with Crippen LogP contribution in [0, 0.1) is 5.41 Å². The fourth-order valence-corrected chi connectivity index (χ4v) is 4.02. The van der Waals surface area contributed by atoms with Crippen LogP contribution in [0.1, 0.15) is 64.5 Å². The zero-order valence-electron chi connectivity index (χ0n) is 15.7. The highest BCUT2D eigenvalue weighted by molar-refractivity contribution is 6.10. The molecule has 1 aliphatic heterocycles. The molecular formula is C21H27NO4. The van der Waals surface area contributed by atoms with Crippen LogP contribution < -0.4 is 0 Å². The predicted octanol–water partition coefficient (Wildman–Crippen LogP) is 4.04. The lowest BCUT2D eigenvalue weighted by Crippen LogP contribution is -2.41. The van der Waals surface area contributed by atoms with Crippen LogP contribution in [-0.2, 0) is 9.59 Å². The number of hydrogen-bond donors (Lipinski definition) is 2. The van der Waals surface area contributed by atoms with Gasteiger partial charge < -0.3 is 15.1 Å². The number of rotatable bonds is 3. The highest BCUT2D eigenvalue weighted by atomic mass is 16.3. The number of carbonyl (C=O) groups excluding carboxylic acids is 2. The van der Waals surface area contributed by atoms with Gasteiger partial charge in [-0.05, 0) is 30.5 Å². The van der Waals surface area contributed by atoms with Crippen LogP contribution in [0.2, 0.25) is 0 Å². The Balaban J connectivity index is 2.11. The molecule has 0 spiro atoms. The molecule has 0 bridgehead atoms. The van der Waals surface area contributed by atoms with Crippen LogP contribution in [0.5, 0.6) is 5.75 Å². The quantitative estimate of drug-likeness (QED) is 0.856. The first kappa shape index (κ1) is 18.5. The van der Waals surface area contributed by atoms with E-state index in [9.17, 15) is 19.8 Å². The van der Waals surface area contributed by atoms with Crippen LogP contribution in [0.25, 0.3) is 0 Å². The Labute approximate surface area is 154 Å². The summed E-state index contributed by atoms with van der Waals surface area (Å²) in [6.45, 7) is 5.34. The lowest BCUT2D eigenvalue weighted by molar-refractivity contribution is -0.132. The van der Waals surface area contributed by atoms with E-state index in [0.29, 0.717) is 5.56 Å². The molecular weight excluding hydrogens is 330 g/mol. The lowest BCUT2D eigenvalue weighted by Gasteiger charge is -2.37. The average Bonchev–Trinajstić information content (AvgIpc) is 2.86. The maximum atomic E-state index is 13.1. The van der Waals surface area contributed by atoms with Gasteiger partial charge in [0.25, 0.3) is 5.91 Å². The Morgan fingerprint density at radius 2 is 1.77 bits per heavy atom. The molecule has 1 atom stereocenters.